The third-order valence-electron chi connectivity index (χ3n) is 4.38. The van der Waals surface area contributed by atoms with Crippen LogP contribution in [0.2, 0.25) is 10.2 Å². The summed E-state index contributed by atoms with van der Waals surface area (Å²) in [7, 11) is 0. The highest BCUT2D eigenvalue weighted by Crippen LogP contribution is 2.34. The third-order valence-corrected chi connectivity index (χ3v) is 4.94. The molecule has 1 fully saturated rings. The van der Waals surface area contributed by atoms with E-state index < -0.39 is 0 Å². The van der Waals surface area contributed by atoms with Gasteiger partial charge in [-0.25, -0.2) is 4.98 Å². The normalized spacial score (nSPS) is 21.0. The Morgan fingerprint density at radius 1 is 1.09 bits per heavy atom. The molecule has 1 saturated carbocycles. The summed E-state index contributed by atoms with van der Waals surface area (Å²) in [6.45, 7) is 0. The minimum absolute atomic E-state index is 0.105. The van der Waals surface area contributed by atoms with Gasteiger partial charge < -0.3 is 5.32 Å². The monoisotopic (exact) mass is 348 g/mol. The van der Waals surface area contributed by atoms with Gasteiger partial charge in [0.15, 0.2) is 0 Å². The van der Waals surface area contributed by atoms with E-state index in [1.807, 2.05) is 12.1 Å². The van der Waals surface area contributed by atoms with Gasteiger partial charge in [-0.1, -0.05) is 48.2 Å². The molecule has 2 aromatic rings. The van der Waals surface area contributed by atoms with Crippen LogP contribution in [-0.2, 0) is 0 Å². The molecule has 1 aromatic carbocycles. The predicted molar refractivity (Wildman–Crippen MR) is 93.2 cm³/mol. The van der Waals surface area contributed by atoms with Crippen LogP contribution in [0.4, 0.5) is 0 Å². The van der Waals surface area contributed by atoms with Gasteiger partial charge in [-0.2, -0.15) is 0 Å². The minimum Gasteiger partial charge on any atom is -0.349 e. The zero-order valence-corrected chi connectivity index (χ0v) is 14.1. The van der Waals surface area contributed by atoms with E-state index in [1.165, 1.54) is 12.0 Å². The summed E-state index contributed by atoms with van der Waals surface area (Å²) in [6, 6.07) is 11.4. The number of aromatic nitrogens is 1. The molecule has 1 heterocycles. The Hall–Kier alpha value is -1.58. The maximum Gasteiger partial charge on any atom is 0.254 e. The van der Waals surface area contributed by atoms with Gasteiger partial charge in [0.05, 0.1) is 5.56 Å². The fourth-order valence-corrected chi connectivity index (χ4v) is 3.55. The van der Waals surface area contributed by atoms with Crippen LogP contribution in [0.25, 0.3) is 0 Å². The van der Waals surface area contributed by atoms with Gasteiger partial charge in [-0.05, 0) is 42.7 Å². The molecule has 0 spiro atoms. The molecule has 23 heavy (non-hydrogen) atoms. The largest absolute Gasteiger partial charge is 0.349 e. The van der Waals surface area contributed by atoms with Gasteiger partial charge in [0.1, 0.15) is 5.15 Å². The second kappa shape index (κ2) is 7.33. The van der Waals surface area contributed by atoms with Crippen molar-refractivity contribution < 1.29 is 4.79 Å². The second-order valence-corrected chi connectivity index (χ2v) is 6.66. The first-order valence-corrected chi connectivity index (χ1v) is 8.57. The number of nitrogens with zero attached hydrogens (tertiary/aromatic N) is 1. The van der Waals surface area contributed by atoms with Crippen molar-refractivity contribution in [1.82, 2.24) is 10.3 Å². The molecule has 0 radical (unpaired) electrons. The standard InChI is InChI=1S/C18H18Cl2N2O/c19-13-9-7-12(8-10-13)14-4-1-2-6-16(14)22-18(23)15-5-3-11-21-17(15)20/h3,5,7-11,14,16H,1-2,4,6H2,(H,22,23)/t14-,16-/m1/s1. The molecule has 0 unspecified atom stereocenters. The number of carbonyl (C=O) groups is 1. The van der Waals surface area contributed by atoms with Crippen LogP contribution in [0.15, 0.2) is 42.6 Å². The van der Waals surface area contributed by atoms with Crippen molar-refractivity contribution in [1.29, 1.82) is 0 Å². The van der Waals surface area contributed by atoms with Crippen LogP contribution in [0, 0.1) is 0 Å². The van der Waals surface area contributed by atoms with E-state index in [-0.39, 0.29) is 17.1 Å². The quantitative estimate of drug-likeness (QED) is 0.806. The predicted octanol–water partition coefficient (Wildman–Crippen LogP) is 4.84. The number of amides is 1. The van der Waals surface area contributed by atoms with E-state index in [0.717, 1.165) is 24.3 Å². The summed E-state index contributed by atoms with van der Waals surface area (Å²) in [6.07, 6.45) is 5.91. The highest BCUT2D eigenvalue weighted by molar-refractivity contribution is 6.32. The number of nitrogens with one attached hydrogen (secondary N) is 1. The average Bonchev–Trinajstić information content (AvgIpc) is 2.56. The molecule has 120 valence electrons. The second-order valence-electron chi connectivity index (χ2n) is 5.86. The van der Waals surface area contributed by atoms with E-state index in [2.05, 4.69) is 22.4 Å². The Kier molecular flexibility index (Phi) is 5.19. The zero-order chi connectivity index (χ0) is 16.2. The molecular formula is C18H18Cl2N2O. The lowest BCUT2D eigenvalue weighted by Crippen LogP contribution is -2.41. The molecule has 1 aromatic heterocycles. The molecule has 3 nitrogen and oxygen atoms in total. The van der Waals surface area contributed by atoms with Gasteiger partial charge in [0.2, 0.25) is 0 Å². The molecule has 1 aliphatic rings. The van der Waals surface area contributed by atoms with Crippen LogP contribution in [0.5, 0.6) is 0 Å². The Balaban J connectivity index is 1.78. The van der Waals surface area contributed by atoms with Crippen molar-refractivity contribution in [3.05, 3.63) is 63.9 Å². The molecule has 1 N–H and O–H groups in total. The Bertz CT molecular complexity index is 688. The number of hydrogen-bond donors (Lipinski definition) is 1. The van der Waals surface area contributed by atoms with Crippen molar-refractivity contribution >= 4 is 29.1 Å². The van der Waals surface area contributed by atoms with Crippen LogP contribution in [0.3, 0.4) is 0 Å². The molecule has 0 bridgehead atoms. The molecule has 0 saturated heterocycles. The Labute approximate surface area is 146 Å². The van der Waals surface area contributed by atoms with Crippen molar-refractivity contribution in [2.75, 3.05) is 0 Å². The lowest BCUT2D eigenvalue weighted by molar-refractivity contribution is 0.0920. The summed E-state index contributed by atoms with van der Waals surface area (Å²) in [5.74, 6) is 0.148. The van der Waals surface area contributed by atoms with Crippen LogP contribution in [-0.4, -0.2) is 16.9 Å². The Morgan fingerprint density at radius 2 is 1.83 bits per heavy atom. The number of pyridine rings is 1. The first kappa shape index (κ1) is 16.3. The first-order chi connectivity index (χ1) is 11.1. The van der Waals surface area contributed by atoms with Crippen molar-refractivity contribution in [3.8, 4) is 0 Å². The lowest BCUT2D eigenvalue weighted by Gasteiger charge is -2.32. The SMILES string of the molecule is O=C(N[C@@H]1CCCC[C@@H]1c1ccc(Cl)cc1)c1cccnc1Cl. The Morgan fingerprint density at radius 3 is 2.57 bits per heavy atom. The molecule has 3 rings (SSSR count). The van der Waals surface area contributed by atoms with E-state index >= 15 is 0 Å². The van der Waals surface area contributed by atoms with E-state index in [1.54, 1.807) is 18.3 Å². The number of carbonyl (C=O) groups excluding carboxylic acids is 1. The molecule has 2 atom stereocenters. The van der Waals surface area contributed by atoms with Gasteiger partial charge in [-0.3, -0.25) is 4.79 Å². The molecule has 1 amide bonds. The summed E-state index contributed by atoms with van der Waals surface area (Å²) in [4.78, 5) is 16.5. The summed E-state index contributed by atoms with van der Waals surface area (Å²) >= 11 is 12.0. The van der Waals surface area contributed by atoms with E-state index in [0.29, 0.717) is 11.5 Å². The maximum absolute atomic E-state index is 12.5. The van der Waals surface area contributed by atoms with Gasteiger partial charge in [-0.15, -0.1) is 0 Å². The number of rotatable bonds is 3. The van der Waals surface area contributed by atoms with Gasteiger partial charge >= 0.3 is 0 Å². The van der Waals surface area contributed by atoms with Gasteiger partial charge in [0.25, 0.3) is 5.91 Å². The lowest BCUT2D eigenvalue weighted by atomic mass is 9.80. The molecule has 0 aliphatic heterocycles. The molecular weight excluding hydrogens is 331 g/mol. The zero-order valence-electron chi connectivity index (χ0n) is 12.6. The summed E-state index contributed by atoms with van der Waals surface area (Å²) in [5, 5.41) is 4.11. The number of hydrogen-bond acceptors (Lipinski definition) is 2. The summed E-state index contributed by atoms with van der Waals surface area (Å²) in [5.41, 5.74) is 1.64. The van der Waals surface area contributed by atoms with Crippen molar-refractivity contribution in [3.63, 3.8) is 0 Å². The number of halogens is 2. The van der Waals surface area contributed by atoms with Crippen LogP contribution >= 0.6 is 23.2 Å². The first-order valence-electron chi connectivity index (χ1n) is 7.82. The highest BCUT2D eigenvalue weighted by Gasteiger charge is 2.28. The molecule has 1 aliphatic carbocycles. The maximum atomic E-state index is 12.5. The van der Waals surface area contributed by atoms with E-state index in [9.17, 15) is 4.79 Å². The topological polar surface area (TPSA) is 42.0 Å². The molecule has 5 heteroatoms. The average molecular weight is 349 g/mol. The fraction of sp³-hybridized carbons (Fsp3) is 0.333. The van der Waals surface area contributed by atoms with Gasteiger partial charge in [0, 0.05) is 23.2 Å². The smallest absolute Gasteiger partial charge is 0.254 e. The van der Waals surface area contributed by atoms with Crippen molar-refractivity contribution in [2.45, 2.75) is 37.6 Å². The van der Waals surface area contributed by atoms with Crippen LogP contribution in [0.1, 0.15) is 47.5 Å². The highest BCUT2D eigenvalue weighted by atomic mass is 35.5. The number of benzene rings is 1. The van der Waals surface area contributed by atoms with E-state index in [4.69, 9.17) is 23.2 Å². The fourth-order valence-electron chi connectivity index (χ4n) is 3.21. The minimum atomic E-state index is -0.158. The third kappa shape index (κ3) is 3.85. The summed E-state index contributed by atoms with van der Waals surface area (Å²) < 4.78 is 0. The van der Waals surface area contributed by atoms with Crippen molar-refractivity contribution in [2.24, 2.45) is 0 Å². The van der Waals surface area contributed by atoms with Crippen LogP contribution < -0.4 is 5.32 Å².